The molecule has 1 aliphatic heterocycles. The highest BCUT2D eigenvalue weighted by atomic mass is 32.2. The number of aromatic nitrogens is 1. The van der Waals surface area contributed by atoms with E-state index in [1.807, 2.05) is 24.3 Å². The van der Waals surface area contributed by atoms with E-state index < -0.39 is 34.8 Å². The number of hydrogen-bond acceptors (Lipinski definition) is 8. The maximum atomic E-state index is 13.6. The molecule has 5 N–H and O–H groups in total. The minimum absolute atomic E-state index is 0.113. The van der Waals surface area contributed by atoms with Gasteiger partial charge in [0.25, 0.3) is 0 Å². The molecule has 1 aromatic carbocycles. The quantitative estimate of drug-likeness (QED) is 0.359. The second-order valence-electron chi connectivity index (χ2n) is 9.24. The van der Waals surface area contributed by atoms with Crippen LogP contribution < -0.4 is 16.4 Å². The summed E-state index contributed by atoms with van der Waals surface area (Å²) >= 11 is 1.03. The summed E-state index contributed by atoms with van der Waals surface area (Å²) in [5, 5.41) is 16.4. The van der Waals surface area contributed by atoms with E-state index in [0.29, 0.717) is 25.2 Å². The van der Waals surface area contributed by atoms with E-state index >= 15 is 0 Å². The lowest BCUT2D eigenvalue weighted by molar-refractivity contribution is -0.140. The zero-order chi connectivity index (χ0) is 27.2. The Bertz CT molecular complexity index is 1170. The predicted octanol–water partition coefficient (Wildman–Crippen LogP) is 2.14. The number of carboxylic acids is 1. The summed E-state index contributed by atoms with van der Waals surface area (Å²) in [6.07, 6.45) is 1.95. The first kappa shape index (κ1) is 28.0. The van der Waals surface area contributed by atoms with Gasteiger partial charge in [-0.25, -0.2) is 9.78 Å². The number of carbonyl (C=O) groups is 4. The fourth-order valence-corrected chi connectivity index (χ4v) is 5.11. The fourth-order valence-electron chi connectivity index (χ4n) is 4.29. The van der Waals surface area contributed by atoms with Crippen molar-refractivity contribution >= 4 is 52.2 Å². The van der Waals surface area contributed by atoms with Crippen molar-refractivity contribution in [3.05, 3.63) is 36.0 Å². The Morgan fingerprint density at radius 3 is 2.76 bits per heavy atom. The number of amides is 3. The molecule has 1 saturated heterocycles. The van der Waals surface area contributed by atoms with Crippen LogP contribution in [0.4, 0.5) is 10.6 Å². The van der Waals surface area contributed by atoms with E-state index in [4.69, 9.17) is 15.6 Å². The summed E-state index contributed by atoms with van der Waals surface area (Å²) in [5.41, 5.74) is 6.78. The molecule has 0 saturated carbocycles. The smallest absolute Gasteiger partial charge is 0.407 e. The molecule has 0 radical (unpaired) electrons. The molecule has 2 atom stereocenters. The van der Waals surface area contributed by atoms with E-state index in [0.717, 1.165) is 28.1 Å². The van der Waals surface area contributed by atoms with Crippen LogP contribution in [0.25, 0.3) is 10.8 Å². The maximum Gasteiger partial charge on any atom is 0.407 e. The highest BCUT2D eigenvalue weighted by Gasteiger charge is 2.44. The summed E-state index contributed by atoms with van der Waals surface area (Å²) in [6, 6.07) is 5.68. The van der Waals surface area contributed by atoms with Crippen molar-refractivity contribution in [1.29, 1.82) is 0 Å². The van der Waals surface area contributed by atoms with E-state index in [2.05, 4.69) is 15.6 Å². The fraction of sp³-hybridized carbons (Fsp3) is 0.480. The van der Waals surface area contributed by atoms with Crippen LogP contribution in [0.3, 0.4) is 0 Å². The molecule has 1 aliphatic rings. The molecular formula is C25H33N5O6S. The van der Waals surface area contributed by atoms with Crippen LogP contribution in [0.5, 0.6) is 0 Å². The number of fused-ring (bicyclic) bond motifs is 1. The lowest BCUT2D eigenvalue weighted by atomic mass is 10.0. The van der Waals surface area contributed by atoms with Crippen molar-refractivity contribution in [2.75, 3.05) is 24.6 Å². The average Bonchev–Trinajstić information content (AvgIpc) is 3.35. The van der Waals surface area contributed by atoms with Gasteiger partial charge in [-0.1, -0.05) is 12.1 Å². The van der Waals surface area contributed by atoms with Crippen LogP contribution in [-0.4, -0.2) is 74.6 Å². The van der Waals surface area contributed by atoms with Gasteiger partial charge in [-0.15, -0.1) is 11.8 Å². The number of hydrogen-bond donors (Lipinski definition) is 4. The number of nitrogens with zero attached hydrogens (tertiary/aromatic N) is 2. The van der Waals surface area contributed by atoms with Crippen LogP contribution in [0, 0.1) is 0 Å². The molecule has 200 valence electrons. The topological polar surface area (TPSA) is 164 Å². The van der Waals surface area contributed by atoms with Gasteiger partial charge in [-0.3, -0.25) is 14.4 Å². The Hall–Kier alpha value is -3.54. The van der Waals surface area contributed by atoms with E-state index in [-0.39, 0.29) is 24.8 Å². The molecule has 2 heterocycles. The Morgan fingerprint density at radius 2 is 2.05 bits per heavy atom. The minimum atomic E-state index is -1.09. The number of carboxylic acid groups (broad SMARTS) is 1. The predicted molar refractivity (Wildman–Crippen MR) is 141 cm³/mol. The van der Waals surface area contributed by atoms with Crippen LogP contribution >= 0.6 is 11.8 Å². The van der Waals surface area contributed by atoms with Gasteiger partial charge in [0.05, 0.1) is 12.4 Å². The monoisotopic (exact) mass is 531 g/mol. The van der Waals surface area contributed by atoms with Gasteiger partial charge >= 0.3 is 12.1 Å². The van der Waals surface area contributed by atoms with E-state index in [9.17, 15) is 19.2 Å². The first-order valence-electron chi connectivity index (χ1n) is 12.0. The molecule has 0 spiro atoms. The van der Waals surface area contributed by atoms with Gasteiger partial charge in [-0.2, -0.15) is 0 Å². The van der Waals surface area contributed by atoms with Crippen molar-refractivity contribution < 1.29 is 29.0 Å². The number of rotatable bonds is 10. The van der Waals surface area contributed by atoms with Crippen LogP contribution in [0.2, 0.25) is 0 Å². The Balaban J connectivity index is 1.73. The van der Waals surface area contributed by atoms with Gasteiger partial charge in [-0.05, 0) is 56.7 Å². The Kier molecular flexibility index (Phi) is 9.19. The first-order valence-corrected chi connectivity index (χ1v) is 13.0. The molecule has 3 rings (SSSR count). The molecule has 37 heavy (non-hydrogen) atoms. The van der Waals surface area contributed by atoms with Gasteiger partial charge in [0.1, 0.15) is 17.9 Å². The van der Waals surface area contributed by atoms with Crippen LogP contribution in [-0.2, 0) is 25.7 Å². The minimum Gasteiger partial charge on any atom is -0.481 e. The molecule has 1 aromatic heterocycles. The first-order chi connectivity index (χ1) is 17.5. The zero-order valence-corrected chi connectivity index (χ0v) is 22.0. The second-order valence-corrected chi connectivity index (χ2v) is 10.9. The second kappa shape index (κ2) is 12.1. The van der Waals surface area contributed by atoms with Crippen LogP contribution in [0.15, 0.2) is 30.5 Å². The zero-order valence-electron chi connectivity index (χ0n) is 21.2. The standard InChI is InChI=1S/C25H33N5O6S/c1-4-36-24(35)29-20(25(2,3)37-14-19(31)32)23(34)30-11-5-6-18(30)22(33)28-13-15-7-8-17-16(12-15)9-10-27-21(17)26/h7-10,12,18,20H,4-6,11,13-14H2,1-3H3,(H2,26,27)(H,28,33)(H,29,35)(H,31,32)/t18-,20+/m0/s1. The van der Waals surface area contributed by atoms with Crippen molar-refractivity contribution in [2.45, 2.75) is 57.0 Å². The Labute approximate surface area is 219 Å². The summed E-state index contributed by atoms with van der Waals surface area (Å²) in [6.45, 7) is 5.73. The molecule has 2 aromatic rings. The third kappa shape index (κ3) is 7.03. The van der Waals surface area contributed by atoms with Crippen molar-refractivity contribution in [3.63, 3.8) is 0 Å². The number of pyridine rings is 1. The molecule has 11 nitrogen and oxygen atoms in total. The summed E-state index contributed by atoms with van der Waals surface area (Å²) in [7, 11) is 0. The number of nitrogens with one attached hydrogen (secondary N) is 2. The molecule has 0 bridgehead atoms. The number of aliphatic carboxylic acids is 1. The normalized spacial score (nSPS) is 16.3. The molecule has 1 fully saturated rings. The highest BCUT2D eigenvalue weighted by molar-refractivity contribution is 8.01. The van der Waals surface area contributed by atoms with Gasteiger partial charge in [0, 0.05) is 29.4 Å². The molecule has 3 amide bonds. The van der Waals surface area contributed by atoms with Gasteiger partial charge < -0.3 is 31.1 Å². The number of nitrogens with two attached hydrogens (primary N) is 1. The third-order valence-electron chi connectivity index (χ3n) is 6.21. The number of benzene rings is 1. The number of thioether (sulfide) groups is 1. The maximum absolute atomic E-state index is 13.6. The van der Waals surface area contributed by atoms with Gasteiger partial charge in [0.15, 0.2) is 0 Å². The average molecular weight is 532 g/mol. The van der Waals surface area contributed by atoms with Crippen LogP contribution in [0.1, 0.15) is 39.2 Å². The van der Waals surface area contributed by atoms with Gasteiger partial charge in [0.2, 0.25) is 11.8 Å². The third-order valence-corrected chi connectivity index (χ3v) is 7.58. The lowest BCUT2D eigenvalue weighted by Crippen LogP contribution is -2.59. The van der Waals surface area contributed by atoms with Crippen molar-refractivity contribution in [2.24, 2.45) is 0 Å². The SMILES string of the molecule is CCOC(=O)N[C@H](C(=O)N1CCC[C@H]1C(=O)NCc1ccc2c(N)nccc2c1)C(C)(C)SCC(=O)O. The number of alkyl carbamates (subject to hydrolysis) is 1. The van der Waals surface area contributed by atoms with Crippen molar-refractivity contribution in [1.82, 2.24) is 20.5 Å². The number of likely N-dealkylation sites (tertiary alicyclic amines) is 1. The van der Waals surface area contributed by atoms with E-state index in [1.54, 1.807) is 27.0 Å². The summed E-state index contributed by atoms with van der Waals surface area (Å²) in [5.74, 6) is -1.61. The highest BCUT2D eigenvalue weighted by Crippen LogP contribution is 2.31. The van der Waals surface area contributed by atoms with E-state index in [1.165, 1.54) is 4.90 Å². The summed E-state index contributed by atoms with van der Waals surface area (Å²) < 4.78 is 3.99. The largest absolute Gasteiger partial charge is 0.481 e. The Morgan fingerprint density at radius 1 is 1.30 bits per heavy atom. The number of nitrogen functional groups attached to an aromatic ring is 1. The number of carbonyl (C=O) groups excluding carboxylic acids is 3. The molecule has 12 heteroatoms. The number of anilines is 1. The molecular weight excluding hydrogens is 498 g/mol. The lowest BCUT2D eigenvalue weighted by Gasteiger charge is -2.36. The number of ether oxygens (including phenoxy) is 1. The van der Waals surface area contributed by atoms with Crippen molar-refractivity contribution in [3.8, 4) is 0 Å². The molecule has 0 aliphatic carbocycles. The molecule has 0 unspecified atom stereocenters. The summed E-state index contributed by atoms with van der Waals surface area (Å²) in [4.78, 5) is 55.7.